The zero-order valence-corrected chi connectivity index (χ0v) is 12.3. The van der Waals surface area contributed by atoms with E-state index in [1.807, 2.05) is 13.8 Å². The summed E-state index contributed by atoms with van der Waals surface area (Å²) >= 11 is 0. The van der Waals surface area contributed by atoms with E-state index < -0.39 is 11.0 Å². The van der Waals surface area contributed by atoms with Crippen LogP contribution in [-0.2, 0) is 4.79 Å². The molecule has 1 aromatic carbocycles. The molecule has 0 aliphatic heterocycles. The minimum atomic E-state index is -0.666. The summed E-state index contributed by atoms with van der Waals surface area (Å²) in [5.74, 6) is -0.265. The summed E-state index contributed by atoms with van der Waals surface area (Å²) < 4.78 is 4.87. The number of nitrogens with zero attached hydrogens (tertiary/aromatic N) is 1. The van der Waals surface area contributed by atoms with Crippen molar-refractivity contribution in [1.82, 2.24) is 0 Å². The molecule has 0 aromatic heterocycles. The van der Waals surface area contributed by atoms with Crippen LogP contribution in [0.2, 0.25) is 0 Å². The number of hydrogen-bond donors (Lipinski definition) is 2. The SMILES string of the molecule is COc1ccc(NC(=O)C(N)C(C)C)cc1[N+](=O)[O-].Cl. The number of nitro benzene ring substituents is 1. The van der Waals surface area contributed by atoms with Crippen LogP contribution in [0, 0.1) is 16.0 Å². The number of hydrogen-bond acceptors (Lipinski definition) is 5. The van der Waals surface area contributed by atoms with E-state index in [0.29, 0.717) is 5.69 Å². The summed E-state index contributed by atoms with van der Waals surface area (Å²) in [6, 6.07) is 3.52. The molecule has 20 heavy (non-hydrogen) atoms. The first-order chi connectivity index (χ1) is 8.86. The fraction of sp³-hybridized carbons (Fsp3) is 0.417. The molecular weight excluding hydrogens is 286 g/mol. The maximum atomic E-state index is 11.8. The van der Waals surface area contributed by atoms with Crippen LogP contribution in [0.5, 0.6) is 5.75 Å². The van der Waals surface area contributed by atoms with Crippen LogP contribution in [0.1, 0.15) is 13.8 Å². The maximum Gasteiger partial charge on any atom is 0.312 e. The van der Waals surface area contributed by atoms with Gasteiger partial charge in [-0.3, -0.25) is 14.9 Å². The number of amides is 1. The van der Waals surface area contributed by atoms with Gasteiger partial charge in [-0.25, -0.2) is 0 Å². The standard InChI is InChI=1S/C12H17N3O4.ClH/c1-7(2)11(13)12(16)14-8-4-5-10(19-3)9(6-8)15(17)18;/h4-7,11H,13H2,1-3H3,(H,14,16);1H. The lowest BCUT2D eigenvalue weighted by Gasteiger charge is -2.15. The number of ether oxygens (including phenoxy) is 1. The first-order valence-electron chi connectivity index (χ1n) is 5.75. The highest BCUT2D eigenvalue weighted by Crippen LogP contribution is 2.29. The third-order valence-corrected chi connectivity index (χ3v) is 2.66. The predicted molar refractivity (Wildman–Crippen MR) is 78.3 cm³/mol. The number of rotatable bonds is 5. The van der Waals surface area contributed by atoms with E-state index in [4.69, 9.17) is 10.5 Å². The Hall–Kier alpha value is -1.86. The molecule has 0 saturated carbocycles. The van der Waals surface area contributed by atoms with Gasteiger partial charge in [0.2, 0.25) is 5.91 Å². The Morgan fingerprint density at radius 2 is 2.05 bits per heavy atom. The highest BCUT2D eigenvalue weighted by Gasteiger charge is 2.20. The minimum absolute atomic E-state index is 0. The van der Waals surface area contributed by atoms with Gasteiger partial charge in [-0.15, -0.1) is 12.4 Å². The summed E-state index contributed by atoms with van der Waals surface area (Å²) in [5, 5.41) is 13.4. The van der Waals surface area contributed by atoms with Crippen LogP contribution in [0.15, 0.2) is 18.2 Å². The van der Waals surface area contributed by atoms with Gasteiger partial charge in [0.15, 0.2) is 5.75 Å². The first kappa shape index (κ1) is 18.1. The van der Waals surface area contributed by atoms with Crippen molar-refractivity contribution in [2.75, 3.05) is 12.4 Å². The van der Waals surface area contributed by atoms with Gasteiger partial charge in [0.05, 0.1) is 18.1 Å². The van der Waals surface area contributed by atoms with E-state index in [9.17, 15) is 14.9 Å². The molecule has 0 bridgehead atoms. The van der Waals surface area contributed by atoms with Gasteiger partial charge in [0.25, 0.3) is 0 Å². The Balaban J connectivity index is 0.00000361. The van der Waals surface area contributed by atoms with Crippen molar-refractivity contribution in [3.8, 4) is 5.75 Å². The van der Waals surface area contributed by atoms with Gasteiger partial charge in [0.1, 0.15) is 0 Å². The third kappa shape index (κ3) is 4.36. The smallest absolute Gasteiger partial charge is 0.312 e. The van der Waals surface area contributed by atoms with Gasteiger partial charge in [-0.1, -0.05) is 13.8 Å². The number of carbonyl (C=O) groups is 1. The predicted octanol–water partition coefficient (Wildman–Crippen LogP) is 1.95. The normalized spacial score (nSPS) is 11.4. The molecule has 8 heteroatoms. The molecule has 0 aliphatic rings. The molecule has 1 rings (SSSR count). The van der Waals surface area contributed by atoms with Crippen LogP contribution in [0.4, 0.5) is 11.4 Å². The second-order valence-corrected chi connectivity index (χ2v) is 4.40. The zero-order chi connectivity index (χ0) is 14.6. The van der Waals surface area contributed by atoms with E-state index in [1.54, 1.807) is 0 Å². The molecule has 7 nitrogen and oxygen atoms in total. The fourth-order valence-electron chi connectivity index (χ4n) is 1.44. The van der Waals surface area contributed by atoms with E-state index in [-0.39, 0.29) is 35.7 Å². The molecule has 0 aliphatic carbocycles. The van der Waals surface area contributed by atoms with Crippen molar-refractivity contribution in [2.45, 2.75) is 19.9 Å². The zero-order valence-electron chi connectivity index (χ0n) is 11.5. The van der Waals surface area contributed by atoms with Gasteiger partial charge in [0, 0.05) is 11.8 Å². The molecule has 0 radical (unpaired) electrons. The lowest BCUT2D eigenvalue weighted by Crippen LogP contribution is -2.39. The number of nitro groups is 1. The second-order valence-electron chi connectivity index (χ2n) is 4.40. The molecule has 0 fully saturated rings. The van der Waals surface area contributed by atoms with Crippen LogP contribution in [0.25, 0.3) is 0 Å². The van der Waals surface area contributed by atoms with Gasteiger partial charge in [-0.2, -0.15) is 0 Å². The van der Waals surface area contributed by atoms with Crippen LogP contribution < -0.4 is 15.8 Å². The molecule has 0 saturated heterocycles. The minimum Gasteiger partial charge on any atom is -0.490 e. The van der Waals surface area contributed by atoms with Gasteiger partial charge < -0.3 is 15.8 Å². The summed E-state index contributed by atoms with van der Waals surface area (Å²) in [4.78, 5) is 22.0. The molecular formula is C12H18ClN3O4. The van der Waals surface area contributed by atoms with Crippen molar-refractivity contribution in [3.63, 3.8) is 0 Å². The van der Waals surface area contributed by atoms with Gasteiger partial charge >= 0.3 is 5.69 Å². The van der Waals surface area contributed by atoms with Crippen LogP contribution in [-0.4, -0.2) is 24.0 Å². The van der Waals surface area contributed by atoms with Crippen molar-refractivity contribution >= 4 is 29.7 Å². The topological polar surface area (TPSA) is 107 Å². The maximum absolute atomic E-state index is 11.8. The fourth-order valence-corrected chi connectivity index (χ4v) is 1.44. The molecule has 0 heterocycles. The lowest BCUT2D eigenvalue weighted by atomic mass is 10.0. The molecule has 1 atom stereocenters. The molecule has 1 unspecified atom stereocenters. The number of methoxy groups -OCH3 is 1. The monoisotopic (exact) mass is 303 g/mol. The number of benzene rings is 1. The number of anilines is 1. The summed E-state index contributed by atoms with van der Waals surface area (Å²) in [6.07, 6.45) is 0. The van der Waals surface area contributed by atoms with Gasteiger partial charge in [-0.05, 0) is 18.1 Å². The molecule has 112 valence electrons. The second kappa shape index (κ2) is 7.66. The average molecular weight is 304 g/mol. The Kier molecular flexibility index (Phi) is 6.95. The van der Waals surface area contributed by atoms with Crippen molar-refractivity contribution in [2.24, 2.45) is 11.7 Å². The lowest BCUT2D eigenvalue weighted by molar-refractivity contribution is -0.385. The summed E-state index contributed by atoms with van der Waals surface area (Å²) in [5.41, 5.74) is 5.79. The highest BCUT2D eigenvalue weighted by atomic mass is 35.5. The molecule has 1 amide bonds. The molecule has 0 spiro atoms. The Morgan fingerprint density at radius 3 is 2.50 bits per heavy atom. The summed E-state index contributed by atoms with van der Waals surface area (Å²) in [7, 11) is 1.34. The summed E-state index contributed by atoms with van der Waals surface area (Å²) in [6.45, 7) is 3.64. The number of carbonyl (C=O) groups excluding carboxylic acids is 1. The first-order valence-corrected chi connectivity index (χ1v) is 5.75. The van der Waals surface area contributed by atoms with E-state index >= 15 is 0 Å². The van der Waals surface area contributed by atoms with Crippen molar-refractivity contribution in [3.05, 3.63) is 28.3 Å². The van der Waals surface area contributed by atoms with Crippen LogP contribution >= 0.6 is 12.4 Å². The molecule has 3 N–H and O–H groups in total. The Morgan fingerprint density at radius 1 is 1.45 bits per heavy atom. The number of nitrogens with one attached hydrogen (secondary N) is 1. The number of halogens is 1. The van der Waals surface area contributed by atoms with E-state index in [0.717, 1.165) is 0 Å². The van der Waals surface area contributed by atoms with E-state index in [2.05, 4.69) is 5.32 Å². The van der Waals surface area contributed by atoms with E-state index in [1.165, 1.54) is 25.3 Å². The molecule has 1 aromatic rings. The van der Waals surface area contributed by atoms with Crippen molar-refractivity contribution in [1.29, 1.82) is 0 Å². The third-order valence-electron chi connectivity index (χ3n) is 2.66. The highest BCUT2D eigenvalue weighted by molar-refractivity contribution is 5.95. The largest absolute Gasteiger partial charge is 0.490 e. The Labute approximate surface area is 123 Å². The Bertz CT molecular complexity index is 494. The quantitative estimate of drug-likeness (QED) is 0.638. The van der Waals surface area contributed by atoms with Crippen molar-refractivity contribution < 1.29 is 14.5 Å². The average Bonchev–Trinajstić information content (AvgIpc) is 2.37. The number of nitrogens with two attached hydrogens (primary N) is 1. The van der Waals surface area contributed by atoms with Crippen LogP contribution in [0.3, 0.4) is 0 Å².